The van der Waals surface area contributed by atoms with Crippen molar-refractivity contribution in [3.63, 3.8) is 0 Å². The minimum atomic E-state index is -4.55. The van der Waals surface area contributed by atoms with Crippen molar-refractivity contribution in [3.8, 4) is 0 Å². The van der Waals surface area contributed by atoms with Gasteiger partial charge < -0.3 is 9.88 Å². The van der Waals surface area contributed by atoms with Gasteiger partial charge >= 0.3 is 6.18 Å². The van der Waals surface area contributed by atoms with Crippen LogP contribution in [-0.2, 0) is 12.7 Å². The van der Waals surface area contributed by atoms with Crippen LogP contribution in [0.15, 0.2) is 54.9 Å². The Morgan fingerprint density at radius 3 is 2.72 bits per heavy atom. The summed E-state index contributed by atoms with van der Waals surface area (Å²) in [7, 11) is 0. The zero-order valence-corrected chi connectivity index (χ0v) is 13.3. The number of benzene rings is 1. The first kappa shape index (κ1) is 17.0. The number of hydrogen-bond donors (Lipinski definition) is 1. The predicted octanol–water partition coefficient (Wildman–Crippen LogP) is 3.88. The van der Waals surface area contributed by atoms with E-state index in [9.17, 15) is 18.0 Å². The normalized spacial score (nSPS) is 11.6. The molecular formula is C18H16F3N3O. The zero-order valence-electron chi connectivity index (χ0n) is 13.3. The Morgan fingerprint density at radius 2 is 1.92 bits per heavy atom. The third-order valence-corrected chi connectivity index (χ3v) is 3.86. The molecule has 3 aromatic rings. The molecule has 0 aliphatic heterocycles. The van der Waals surface area contributed by atoms with Gasteiger partial charge in [-0.2, -0.15) is 13.2 Å². The van der Waals surface area contributed by atoms with Gasteiger partial charge in [-0.25, -0.2) is 4.98 Å². The van der Waals surface area contributed by atoms with Crippen LogP contribution < -0.4 is 5.32 Å². The van der Waals surface area contributed by atoms with Gasteiger partial charge in [0.1, 0.15) is 5.65 Å². The third kappa shape index (κ3) is 3.81. The van der Waals surface area contributed by atoms with Crippen molar-refractivity contribution < 1.29 is 18.0 Å². The number of pyridine rings is 1. The standard InChI is InChI=1S/C18H16F3N3O/c19-18(20,21)15-7-2-1-6-14(15)17(25)23-10-4-11-24-12-8-13-5-3-9-22-16(13)24/h1-3,5-9,12H,4,10-11H2,(H,23,25). The van der Waals surface area contributed by atoms with Gasteiger partial charge in [-0.15, -0.1) is 0 Å². The number of hydrogen-bond acceptors (Lipinski definition) is 2. The lowest BCUT2D eigenvalue weighted by atomic mass is 10.1. The van der Waals surface area contributed by atoms with Crippen LogP contribution >= 0.6 is 0 Å². The number of aromatic nitrogens is 2. The molecule has 0 radical (unpaired) electrons. The molecule has 3 rings (SSSR count). The summed E-state index contributed by atoms with van der Waals surface area (Å²) in [6.45, 7) is 0.888. The second-order valence-electron chi connectivity index (χ2n) is 5.58. The predicted molar refractivity (Wildman–Crippen MR) is 88.1 cm³/mol. The molecule has 2 aromatic heterocycles. The van der Waals surface area contributed by atoms with Gasteiger partial charge in [0.15, 0.2) is 0 Å². The number of rotatable bonds is 5. The Kier molecular flexibility index (Phi) is 4.74. The van der Waals surface area contributed by atoms with Gasteiger partial charge in [-0.1, -0.05) is 12.1 Å². The molecule has 0 aliphatic rings. The van der Waals surface area contributed by atoms with Crippen LogP contribution in [0.5, 0.6) is 0 Å². The number of aryl methyl sites for hydroxylation is 1. The van der Waals surface area contributed by atoms with E-state index >= 15 is 0 Å². The molecule has 1 N–H and O–H groups in total. The van der Waals surface area contributed by atoms with Crippen LogP contribution in [0.25, 0.3) is 11.0 Å². The summed E-state index contributed by atoms with van der Waals surface area (Å²) in [6.07, 6.45) is -0.364. The summed E-state index contributed by atoms with van der Waals surface area (Å²) < 4.78 is 40.8. The molecule has 0 unspecified atom stereocenters. The average Bonchev–Trinajstić information content (AvgIpc) is 3.01. The van der Waals surface area contributed by atoms with Gasteiger partial charge in [-0.3, -0.25) is 4.79 Å². The molecule has 1 aromatic carbocycles. The molecule has 0 saturated heterocycles. The molecule has 0 aliphatic carbocycles. The second-order valence-corrected chi connectivity index (χ2v) is 5.58. The minimum absolute atomic E-state index is 0.275. The van der Waals surface area contributed by atoms with Crippen molar-refractivity contribution in [2.75, 3.05) is 6.54 Å². The van der Waals surface area contributed by atoms with Crippen molar-refractivity contribution in [3.05, 3.63) is 66.0 Å². The molecule has 0 bridgehead atoms. The van der Waals surface area contributed by atoms with E-state index in [-0.39, 0.29) is 12.1 Å². The second kappa shape index (κ2) is 6.96. The molecular weight excluding hydrogens is 331 g/mol. The number of carbonyl (C=O) groups excluding carboxylic acids is 1. The first-order valence-electron chi connectivity index (χ1n) is 7.81. The van der Waals surface area contributed by atoms with Gasteiger partial charge in [0, 0.05) is 30.9 Å². The number of amides is 1. The van der Waals surface area contributed by atoms with E-state index in [2.05, 4.69) is 10.3 Å². The van der Waals surface area contributed by atoms with E-state index in [4.69, 9.17) is 0 Å². The Balaban J connectivity index is 1.59. The van der Waals surface area contributed by atoms with Crippen LogP contribution in [0.1, 0.15) is 22.3 Å². The van der Waals surface area contributed by atoms with E-state index in [1.807, 2.05) is 29.0 Å². The number of nitrogens with one attached hydrogen (secondary N) is 1. The molecule has 7 heteroatoms. The van der Waals surface area contributed by atoms with Crippen LogP contribution in [0.4, 0.5) is 13.2 Å². The van der Waals surface area contributed by atoms with Crippen molar-refractivity contribution in [2.45, 2.75) is 19.1 Å². The van der Waals surface area contributed by atoms with Crippen molar-refractivity contribution in [1.82, 2.24) is 14.9 Å². The fourth-order valence-electron chi connectivity index (χ4n) is 2.68. The first-order valence-corrected chi connectivity index (χ1v) is 7.81. The highest BCUT2D eigenvalue weighted by molar-refractivity contribution is 5.95. The van der Waals surface area contributed by atoms with E-state index in [0.29, 0.717) is 13.0 Å². The number of carbonyl (C=O) groups is 1. The number of alkyl halides is 3. The van der Waals surface area contributed by atoms with Crippen LogP contribution in [0.3, 0.4) is 0 Å². The van der Waals surface area contributed by atoms with Gasteiger partial charge in [0.2, 0.25) is 0 Å². The molecule has 0 atom stereocenters. The molecule has 25 heavy (non-hydrogen) atoms. The number of halogens is 3. The Bertz CT molecular complexity index is 886. The number of nitrogens with zero attached hydrogens (tertiary/aromatic N) is 2. The molecule has 130 valence electrons. The summed E-state index contributed by atoms with van der Waals surface area (Å²) >= 11 is 0. The highest BCUT2D eigenvalue weighted by atomic mass is 19.4. The summed E-state index contributed by atoms with van der Waals surface area (Å²) in [5.74, 6) is -0.719. The van der Waals surface area contributed by atoms with E-state index in [1.54, 1.807) is 6.20 Å². The summed E-state index contributed by atoms with van der Waals surface area (Å²) in [4.78, 5) is 16.3. The topological polar surface area (TPSA) is 46.9 Å². The molecule has 2 heterocycles. The minimum Gasteiger partial charge on any atom is -0.352 e. The molecule has 4 nitrogen and oxygen atoms in total. The fourth-order valence-corrected chi connectivity index (χ4v) is 2.68. The van der Waals surface area contributed by atoms with Crippen LogP contribution in [0, 0.1) is 0 Å². The van der Waals surface area contributed by atoms with E-state index < -0.39 is 17.6 Å². The lowest BCUT2D eigenvalue weighted by Crippen LogP contribution is -2.27. The summed E-state index contributed by atoms with van der Waals surface area (Å²) in [5.41, 5.74) is -0.438. The number of fused-ring (bicyclic) bond motifs is 1. The summed E-state index contributed by atoms with van der Waals surface area (Å²) in [5, 5.41) is 3.57. The SMILES string of the molecule is O=C(NCCCn1ccc2cccnc21)c1ccccc1C(F)(F)F. The van der Waals surface area contributed by atoms with Gasteiger partial charge in [0.25, 0.3) is 5.91 Å². The van der Waals surface area contributed by atoms with E-state index in [1.165, 1.54) is 18.2 Å². The van der Waals surface area contributed by atoms with Crippen LogP contribution in [0.2, 0.25) is 0 Å². The van der Waals surface area contributed by atoms with Crippen LogP contribution in [-0.4, -0.2) is 22.0 Å². The molecule has 0 saturated carbocycles. The van der Waals surface area contributed by atoms with Gasteiger partial charge in [-0.05, 0) is 36.8 Å². The lowest BCUT2D eigenvalue weighted by molar-refractivity contribution is -0.137. The zero-order chi connectivity index (χ0) is 17.9. The molecule has 0 spiro atoms. The largest absolute Gasteiger partial charge is 0.417 e. The molecule has 1 amide bonds. The van der Waals surface area contributed by atoms with Crippen molar-refractivity contribution in [2.24, 2.45) is 0 Å². The molecule has 0 fully saturated rings. The average molecular weight is 347 g/mol. The fraction of sp³-hybridized carbons (Fsp3) is 0.222. The maximum absolute atomic E-state index is 12.9. The monoisotopic (exact) mass is 347 g/mol. The Hall–Kier alpha value is -2.83. The van der Waals surface area contributed by atoms with Gasteiger partial charge in [0.05, 0.1) is 11.1 Å². The van der Waals surface area contributed by atoms with Crippen molar-refractivity contribution >= 4 is 16.9 Å². The Morgan fingerprint density at radius 1 is 1.12 bits per heavy atom. The smallest absolute Gasteiger partial charge is 0.352 e. The lowest BCUT2D eigenvalue weighted by Gasteiger charge is -2.12. The highest BCUT2D eigenvalue weighted by Gasteiger charge is 2.34. The third-order valence-electron chi connectivity index (χ3n) is 3.86. The van der Waals surface area contributed by atoms with Crippen molar-refractivity contribution in [1.29, 1.82) is 0 Å². The first-order chi connectivity index (χ1) is 12.0. The quantitative estimate of drug-likeness (QED) is 0.712. The maximum Gasteiger partial charge on any atom is 0.417 e. The van der Waals surface area contributed by atoms with E-state index in [0.717, 1.165) is 17.1 Å². The maximum atomic E-state index is 12.9. The summed E-state index contributed by atoms with van der Waals surface area (Å²) in [6, 6.07) is 10.5. The Labute approximate surface area is 142 Å². The highest BCUT2D eigenvalue weighted by Crippen LogP contribution is 2.31.